The van der Waals surface area contributed by atoms with Crippen LogP contribution in [0.4, 0.5) is 11.7 Å². The minimum atomic E-state index is 0.0568. The van der Waals surface area contributed by atoms with Crippen molar-refractivity contribution in [1.29, 1.82) is 0 Å². The number of rotatable bonds is 6. The molecule has 2 aromatic rings. The van der Waals surface area contributed by atoms with Crippen LogP contribution in [0.1, 0.15) is 43.3 Å². The minimum absolute atomic E-state index is 0.0568. The highest BCUT2D eigenvalue weighted by molar-refractivity contribution is 9.10. The van der Waals surface area contributed by atoms with Crippen molar-refractivity contribution in [3.63, 3.8) is 0 Å². The molecule has 1 heterocycles. The van der Waals surface area contributed by atoms with E-state index in [-0.39, 0.29) is 6.04 Å². The lowest BCUT2D eigenvalue weighted by atomic mass is 10.1. The fourth-order valence-corrected chi connectivity index (χ4v) is 2.28. The van der Waals surface area contributed by atoms with Crippen molar-refractivity contribution in [2.24, 2.45) is 0 Å². The van der Waals surface area contributed by atoms with E-state index < -0.39 is 0 Å². The van der Waals surface area contributed by atoms with Gasteiger partial charge in [-0.2, -0.15) is 0 Å². The van der Waals surface area contributed by atoms with Gasteiger partial charge in [0.15, 0.2) is 0 Å². The van der Waals surface area contributed by atoms with E-state index in [1.807, 2.05) is 19.1 Å². The monoisotopic (exact) mass is 352 g/mol. The number of benzene rings is 1. The van der Waals surface area contributed by atoms with Crippen LogP contribution in [0.25, 0.3) is 0 Å². The van der Waals surface area contributed by atoms with Gasteiger partial charge in [0.05, 0.1) is 6.04 Å². The average molecular weight is 353 g/mol. The van der Waals surface area contributed by atoms with Gasteiger partial charge < -0.3 is 15.1 Å². The molecule has 1 aromatic carbocycles. The summed E-state index contributed by atoms with van der Waals surface area (Å²) in [6.07, 6.45) is 1.07. The summed E-state index contributed by atoms with van der Waals surface area (Å²) in [5.41, 5.74) is 3.27. The van der Waals surface area contributed by atoms with Gasteiger partial charge in [-0.3, -0.25) is 0 Å². The molecule has 0 aliphatic rings. The summed E-state index contributed by atoms with van der Waals surface area (Å²) in [6.45, 7) is 9.17. The molecule has 6 heteroatoms. The highest BCUT2D eigenvalue weighted by Crippen LogP contribution is 2.27. The molecule has 2 rings (SSSR count). The molecule has 0 spiro atoms. The Hall–Kier alpha value is -1.40. The van der Waals surface area contributed by atoms with E-state index in [4.69, 9.17) is 4.42 Å². The predicted octanol–water partition coefficient (Wildman–Crippen LogP) is 4.25. The number of aryl methyl sites for hydroxylation is 2. The van der Waals surface area contributed by atoms with Crippen LogP contribution in [0.5, 0.6) is 0 Å². The first-order valence-corrected chi connectivity index (χ1v) is 7.91. The van der Waals surface area contributed by atoms with E-state index in [1.54, 1.807) is 0 Å². The van der Waals surface area contributed by atoms with Crippen molar-refractivity contribution in [3.8, 4) is 0 Å². The molecule has 0 amide bonds. The highest BCUT2D eigenvalue weighted by Gasteiger charge is 2.13. The summed E-state index contributed by atoms with van der Waals surface area (Å²) in [5, 5.41) is 14.6. The molecule has 0 bridgehead atoms. The smallest absolute Gasteiger partial charge is 0.320 e. The standard InChI is InChI=1S/C15H21BrN4O/c1-5-6-17-11(4)14-19-20-15(21-14)18-12-7-9(2)13(16)10(3)8-12/h7-8,11,17H,5-6H2,1-4H3,(H,18,20). The van der Waals surface area contributed by atoms with E-state index in [0.717, 1.165) is 34.3 Å². The molecule has 0 aliphatic heterocycles. The lowest BCUT2D eigenvalue weighted by Crippen LogP contribution is -2.19. The molecule has 2 N–H and O–H groups in total. The number of anilines is 2. The first kappa shape index (κ1) is 16.0. The summed E-state index contributed by atoms with van der Waals surface area (Å²) in [5.74, 6) is 0.594. The maximum atomic E-state index is 5.65. The molecule has 0 saturated carbocycles. The number of hydrogen-bond acceptors (Lipinski definition) is 5. The Morgan fingerprint density at radius 1 is 1.24 bits per heavy atom. The summed E-state index contributed by atoms with van der Waals surface area (Å²) in [6, 6.07) is 4.55. The van der Waals surface area contributed by atoms with Gasteiger partial charge in [-0.15, -0.1) is 5.10 Å². The summed E-state index contributed by atoms with van der Waals surface area (Å²) >= 11 is 3.56. The second-order valence-electron chi connectivity index (χ2n) is 5.17. The quantitative estimate of drug-likeness (QED) is 0.813. The average Bonchev–Trinajstić information content (AvgIpc) is 2.90. The Balaban J connectivity index is 2.09. The van der Waals surface area contributed by atoms with Gasteiger partial charge in [0, 0.05) is 10.2 Å². The van der Waals surface area contributed by atoms with Crippen LogP contribution < -0.4 is 10.6 Å². The van der Waals surface area contributed by atoms with Gasteiger partial charge >= 0.3 is 6.01 Å². The van der Waals surface area contributed by atoms with Gasteiger partial charge in [0.25, 0.3) is 0 Å². The highest BCUT2D eigenvalue weighted by atomic mass is 79.9. The summed E-state index contributed by atoms with van der Waals surface area (Å²) < 4.78 is 6.77. The van der Waals surface area contributed by atoms with Crippen LogP contribution in [-0.2, 0) is 0 Å². The minimum Gasteiger partial charge on any atom is -0.406 e. The Morgan fingerprint density at radius 2 is 1.90 bits per heavy atom. The van der Waals surface area contributed by atoms with Crippen LogP contribution in [0.15, 0.2) is 21.0 Å². The van der Waals surface area contributed by atoms with Gasteiger partial charge in [0.1, 0.15) is 0 Å². The molecule has 114 valence electrons. The van der Waals surface area contributed by atoms with Crippen molar-refractivity contribution < 1.29 is 4.42 Å². The fourth-order valence-electron chi connectivity index (χ4n) is 2.05. The summed E-state index contributed by atoms with van der Waals surface area (Å²) in [7, 11) is 0. The number of nitrogens with one attached hydrogen (secondary N) is 2. The zero-order valence-corrected chi connectivity index (χ0v) is 14.4. The van der Waals surface area contributed by atoms with Crippen molar-refractivity contribution in [2.45, 2.75) is 40.2 Å². The molecular weight excluding hydrogens is 332 g/mol. The van der Waals surface area contributed by atoms with E-state index in [1.165, 1.54) is 0 Å². The molecular formula is C15H21BrN4O. The second-order valence-corrected chi connectivity index (χ2v) is 5.96. The maximum absolute atomic E-state index is 5.65. The maximum Gasteiger partial charge on any atom is 0.320 e. The molecule has 0 aliphatic carbocycles. The Morgan fingerprint density at radius 3 is 2.52 bits per heavy atom. The Labute approximate surface area is 133 Å². The first-order valence-electron chi connectivity index (χ1n) is 7.11. The van der Waals surface area contributed by atoms with Crippen LogP contribution in [0.2, 0.25) is 0 Å². The SMILES string of the molecule is CCCNC(C)c1nnc(Nc2cc(C)c(Br)c(C)c2)o1. The van der Waals surface area contributed by atoms with Crippen LogP contribution in [0.3, 0.4) is 0 Å². The molecule has 1 atom stereocenters. The number of halogens is 1. The van der Waals surface area contributed by atoms with Crippen molar-refractivity contribution in [3.05, 3.63) is 33.6 Å². The Kier molecular flexibility index (Phi) is 5.36. The van der Waals surface area contributed by atoms with Crippen molar-refractivity contribution in [1.82, 2.24) is 15.5 Å². The number of aromatic nitrogens is 2. The van der Waals surface area contributed by atoms with Gasteiger partial charge in [-0.1, -0.05) is 28.0 Å². The first-order chi connectivity index (χ1) is 10.0. The van der Waals surface area contributed by atoms with E-state index in [0.29, 0.717) is 11.9 Å². The van der Waals surface area contributed by atoms with Crippen molar-refractivity contribution >= 4 is 27.6 Å². The summed E-state index contributed by atoms with van der Waals surface area (Å²) in [4.78, 5) is 0. The molecule has 0 fully saturated rings. The third kappa shape index (κ3) is 4.04. The van der Waals surface area contributed by atoms with Crippen LogP contribution >= 0.6 is 15.9 Å². The molecule has 1 unspecified atom stereocenters. The fraction of sp³-hybridized carbons (Fsp3) is 0.467. The number of hydrogen-bond donors (Lipinski definition) is 2. The largest absolute Gasteiger partial charge is 0.406 e. The molecule has 0 radical (unpaired) electrons. The zero-order chi connectivity index (χ0) is 15.4. The Bertz CT molecular complexity index is 588. The van der Waals surface area contributed by atoms with Gasteiger partial charge in [0.2, 0.25) is 5.89 Å². The van der Waals surface area contributed by atoms with Crippen LogP contribution in [-0.4, -0.2) is 16.7 Å². The predicted molar refractivity (Wildman–Crippen MR) is 87.9 cm³/mol. The number of nitrogens with zero attached hydrogens (tertiary/aromatic N) is 2. The molecule has 1 aromatic heterocycles. The van der Waals surface area contributed by atoms with E-state index in [9.17, 15) is 0 Å². The third-order valence-corrected chi connectivity index (χ3v) is 4.45. The van der Waals surface area contributed by atoms with Gasteiger partial charge in [-0.05, 0) is 57.0 Å². The van der Waals surface area contributed by atoms with Crippen molar-refractivity contribution in [2.75, 3.05) is 11.9 Å². The molecule has 5 nitrogen and oxygen atoms in total. The van der Waals surface area contributed by atoms with Gasteiger partial charge in [-0.25, -0.2) is 0 Å². The molecule has 21 heavy (non-hydrogen) atoms. The normalized spacial score (nSPS) is 12.4. The lowest BCUT2D eigenvalue weighted by Gasteiger charge is -2.08. The molecule has 0 saturated heterocycles. The van der Waals surface area contributed by atoms with E-state index in [2.05, 4.69) is 57.5 Å². The zero-order valence-electron chi connectivity index (χ0n) is 12.8. The van der Waals surface area contributed by atoms with Crippen LogP contribution in [0, 0.1) is 13.8 Å². The van der Waals surface area contributed by atoms with E-state index >= 15 is 0 Å². The lowest BCUT2D eigenvalue weighted by molar-refractivity contribution is 0.424. The second kappa shape index (κ2) is 7.04. The third-order valence-electron chi connectivity index (χ3n) is 3.20. The topological polar surface area (TPSA) is 63.0 Å².